The Balaban J connectivity index is 1.30. The average Bonchev–Trinajstić information content (AvgIpc) is 3.32. The molecule has 1 amide bonds. The number of aromatic amines is 1. The zero-order chi connectivity index (χ0) is 25.8. The van der Waals surface area contributed by atoms with Crippen LogP contribution in [0.5, 0.6) is 0 Å². The van der Waals surface area contributed by atoms with E-state index in [4.69, 9.17) is 4.98 Å². The Morgan fingerprint density at radius 1 is 1.00 bits per heavy atom. The molecule has 0 aliphatic heterocycles. The maximum atomic E-state index is 12.8. The Hall–Kier alpha value is -3.84. The molecule has 0 spiro atoms. The van der Waals surface area contributed by atoms with E-state index in [0.29, 0.717) is 12.1 Å². The molecule has 1 aliphatic rings. The summed E-state index contributed by atoms with van der Waals surface area (Å²) in [5.74, 6) is 0.909. The standard InChI is InChI=1S/C30H34N6O/c1-20-14-31-15-21(2)28(20)30(37)34-17-23-9-11-24(12-10-23)18-36(19-27-33-16-22(3)35-27)26-8-4-6-25-7-5-13-32-29(25)26/h5,7,9-16,26H,4,6,8,17-19H2,1-3H3,(H,33,35)(H,34,37). The molecule has 4 aromatic rings. The quantitative estimate of drug-likeness (QED) is 0.354. The SMILES string of the molecule is Cc1cnc(CN(Cc2ccc(CNC(=O)c3c(C)cncc3C)cc2)C2CCCc3cccnc32)[nH]1. The van der Waals surface area contributed by atoms with Crippen LogP contribution in [0.25, 0.3) is 0 Å². The van der Waals surface area contributed by atoms with Crippen molar-refractivity contribution in [3.63, 3.8) is 0 Å². The number of imidazole rings is 1. The number of amides is 1. The maximum absolute atomic E-state index is 12.8. The van der Waals surface area contributed by atoms with Crippen molar-refractivity contribution < 1.29 is 4.79 Å². The summed E-state index contributed by atoms with van der Waals surface area (Å²) in [6.07, 6.45) is 10.6. The number of aromatic nitrogens is 4. The first kappa shape index (κ1) is 24.8. The van der Waals surface area contributed by atoms with Gasteiger partial charge in [0.25, 0.3) is 5.91 Å². The first-order valence-corrected chi connectivity index (χ1v) is 12.9. The Bertz CT molecular complexity index is 1360. The fourth-order valence-electron chi connectivity index (χ4n) is 5.28. The summed E-state index contributed by atoms with van der Waals surface area (Å²) in [7, 11) is 0. The van der Waals surface area contributed by atoms with Crippen LogP contribution in [0.2, 0.25) is 0 Å². The van der Waals surface area contributed by atoms with Crippen molar-refractivity contribution in [3.8, 4) is 0 Å². The average molecular weight is 495 g/mol. The molecule has 3 heterocycles. The summed E-state index contributed by atoms with van der Waals surface area (Å²) in [6, 6.07) is 13.0. The van der Waals surface area contributed by atoms with E-state index in [1.54, 1.807) is 12.4 Å². The molecule has 0 bridgehead atoms. The molecular weight excluding hydrogens is 460 g/mol. The first-order valence-electron chi connectivity index (χ1n) is 12.9. The Morgan fingerprint density at radius 3 is 2.49 bits per heavy atom. The number of carbonyl (C=O) groups is 1. The number of pyridine rings is 2. The fourth-order valence-corrected chi connectivity index (χ4v) is 5.28. The van der Waals surface area contributed by atoms with Crippen LogP contribution in [0, 0.1) is 20.8 Å². The van der Waals surface area contributed by atoms with Crippen molar-refractivity contribution in [2.45, 2.75) is 65.7 Å². The Morgan fingerprint density at radius 2 is 1.76 bits per heavy atom. The molecule has 7 heteroatoms. The normalized spacial score (nSPS) is 15.0. The number of H-pyrrole nitrogens is 1. The highest BCUT2D eigenvalue weighted by molar-refractivity contribution is 5.96. The number of rotatable bonds is 8. The van der Waals surface area contributed by atoms with Crippen molar-refractivity contribution in [3.05, 3.63) is 112 Å². The van der Waals surface area contributed by atoms with Crippen LogP contribution in [-0.2, 0) is 26.1 Å². The van der Waals surface area contributed by atoms with Gasteiger partial charge in [0.15, 0.2) is 0 Å². The van der Waals surface area contributed by atoms with Gasteiger partial charge >= 0.3 is 0 Å². The smallest absolute Gasteiger partial charge is 0.252 e. The van der Waals surface area contributed by atoms with Gasteiger partial charge in [-0.2, -0.15) is 0 Å². The summed E-state index contributed by atoms with van der Waals surface area (Å²) in [5, 5.41) is 3.06. The summed E-state index contributed by atoms with van der Waals surface area (Å²) < 4.78 is 0. The van der Waals surface area contributed by atoms with E-state index < -0.39 is 0 Å². The van der Waals surface area contributed by atoms with Gasteiger partial charge in [0.2, 0.25) is 0 Å². The molecule has 5 rings (SSSR count). The lowest BCUT2D eigenvalue weighted by molar-refractivity contribution is 0.0949. The van der Waals surface area contributed by atoms with E-state index in [2.05, 4.69) is 55.5 Å². The highest BCUT2D eigenvalue weighted by Crippen LogP contribution is 2.34. The highest BCUT2D eigenvalue weighted by Gasteiger charge is 2.28. The maximum Gasteiger partial charge on any atom is 0.252 e. The Kier molecular flexibility index (Phi) is 7.42. The van der Waals surface area contributed by atoms with E-state index in [-0.39, 0.29) is 11.9 Å². The molecule has 0 saturated heterocycles. The molecule has 1 atom stereocenters. The van der Waals surface area contributed by atoms with Gasteiger partial charge in [-0.3, -0.25) is 19.7 Å². The highest BCUT2D eigenvalue weighted by atomic mass is 16.1. The monoisotopic (exact) mass is 494 g/mol. The second-order valence-electron chi connectivity index (χ2n) is 10.0. The number of hydrogen-bond donors (Lipinski definition) is 2. The lowest BCUT2D eigenvalue weighted by Gasteiger charge is -2.34. The molecular formula is C30H34N6O. The minimum atomic E-state index is -0.0649. The van der Waals surface area contributed by atoms with Gasteiger partial charge in [-0.15, -0.1) is 0 Å². The van der Waals surface area contributed by atoms with E-state index in [0.717, 1.165) is 60.6 Å². The minimum absolute atomic E-state index is 0.0649. The van der Waals surface area contributed by atoms with Gasteiger partial charge in [-0.05, 0) is 73.9 Å². The third-order valence-corrected chi connectivity index (χ3v) is 7.13. The number of benzene rings is 1. The predicted octanol–water partition coefficient (Wildman–Crippen LogP) is 5.13. The topological polar surface area (TPSA) is 86.8 Å². The number of carbonyl (C=O) groups excluding carboxylic acids is 1. The summed E-state index contributed by atoms with van der Waals surface area (Å²) in [5.41, 5.74) is 8.39. The van der Waals surface area contributed by atoms with Gasteiger partial charge in [0, 0.05) is 49.1 Å². The van der Waals surface area contributed by atoms with E-state index in [1.165, 1.54) is 16.8 Å². The molecule has 7 nitrogen and oxygen atoms in total. The van der Waals surface area contributed by atoms with E-state index in [1.807, 2.05) is 39.2 Å². The fraction of sp³-hybridized carbons (Fsp3) is 0.333. The van der Waals surface area contributed by atoms with E-state index >= 15 is 0 Å². The number of nitrogens with zero attached hydrogens (tertiary/aromatic N) is 4. The second-order valence-corrected chi connectivity index (χ2v) is 10.0. The van der Waals surface area contributed by atoms with Crippen molar-refractivity contribution in [2.24, 2.45) is 0 Å². The second kappa shape index (κ2) is 11.0. The molecule has 3 aromatic heterocycles. The Labute approximate surface area is 218 Å². The number of nitrogens with one attached hydrogen (secondary N) is 2. The van der Waals surface area contributed by atoms with Crippen LogP contribution in [0.15, 0.2) is 61.2 Å². The van der Waals surface area contributed by atoms with Crippen LogP contribution >= 0.6 is 0 Å². The molecule has 1 aromatic carbocycles. The van der Waals surface area contributed by atoms with Crippen LogP contribution in [0.3, 0.4) is 0 Å². The van der Waals surface area contributed by atoms with Gasteiger partial charge in [0.1, 0.15) is 5.82 Å². The minimum Gasteiger partial charge on any atom is -0.348 e. The molecule has 1 aliphatic carbocycles. The molecule has 0 fully saturated rings. The van der Waals surface area contributed by atoms with Crippen molar-refractivity contribution in [2.75, 3.05) is 0 Å². The van der Waals surface area contributed by atoms with Crippen LogP contribution < -0.4 is 5.32 Å². The number of hydrogen-bond acceptors (Lipinski definition) is 5. The predicted molar refractivity (Wildman–Crippen MR) is 144 cm³/mol. The van der Waals surface area contributed by atoms with Gasteiger partial charge < -0.3 is 10.3 Å². The largest absolute Gasteiger partial charge is 0.348 e. The number of aryl methyl sites for hydroxylation is 4. The van der Waals surface area contributed by atoms with Gasteiger partial charge in [0.05, 0.1) is 18.3 Å². The lowest BCUT2D eigenvalue weighted by Crippen LogP contribution is -2.31. The number of fused-ring (bicyclic) bond motifs is 1. The van der Waals surface area contributed by atoms with Crippen LogP contribution in [-0.4, -0.2) is 30.7 Å². The summed E-state index contributed by atoms with van der Waals surface area (Å²) in [4.78, 5) is 32.2. The summed E-state index contributed by atoms with van der Waals surface area (Å²) in [6.45, 7) is 7.88. The molecule has 1 unspecified atom stereocenters. The zero-order valence-corrected chi connectivity index (χ0v) is 21.8. The first-order chi connectivity index (χ1) is 18.0. The molecule has 37 heavy (non-hydrogen) atoms. The molecule has 190 valence electrons. The van der Waals surface area contributed by atoms with Crippen molar-refractivity contribution >= 4 is 5.91 Å². The van der Waals surface area contributed by atoms with Gasteiger partial charge in [-0.25, -0.2) is 4.98 Å². The van der Waals surface area contributed by atoms with E-state index in [9.17, 15) is 4.79 Å². The van der Waals surface area contributed by atoms with Crippen molar-refractivity contribution in [1.29, 1.82) is 0 Å². The third-order valence-electron chi connectivity index (χ3n) is 7.13. The van der Waals surface area contributed by atoms with Crippen LogP contribution in [0.4, 0.5) is 0 Å². The van der Waals surface area contributed by atoms with Gasteiger partial charge in [-0.1, -0.05) is 30.3 Å². The third kappa shape index (κ3) is 5.78. The van der Waals surface area contributed by atoms with Crippen molar-refractivity contribution in [1.82, 2.24) is 30.2 Å². The zero-order valence-electron chi connectivity index (χ0n) is 21.8. The lowest BCUT2D eigenvalue weighted by atomic mass is 9.90. The molecule has 2 N–H and O–H groups in total. The van der Waals surface area contributed by atoms with Crippen LogP contribution in [0.1, 0.15) is 74.3 Å². The molecule has 0 saturated carbocycles. The molecule has 0 radical (unpaired) electrons. The summed E-state index contributed by atoms with van der Waals surface area (Å²) >= 11 is 0.